The second-order valence-corrected chi connectivity index (χ2v) is 13.3. The van der Waals surface area contributed by atoms with Gasteiger partial charge in [-0.2, -0.15) is 0 Å². The Kier molecular flexibility index (Phi) is 11.5. The fraction of sp³-hybridized carbons (Fsp3) is 0.375. The number of halogens is 2. The molecule has 0 aliphatic heterocycles. The topological polar surface area (TPSA) is 86.8 Å². The zero-order valence-electron chi connectivity index (χ0n) is 24.9. The molecule has 0 aliphatic rings. The first-order chi connectivity index (χ1) is 19.8. The highest BCUT2D eigenvalue weighted by Crippen LogP contribution is 2.29. The summed E-state index contributed by atoms with van der Waals surface area (Å²) in [5.74, 6) is -0.894. The lowest BCUT2D eigenvalue weighted by Crippen LogP contribution is -2.53. The lowest BCUT2D eigenvalue weighted by molar-refractivity contribution is -0.140. The van der Waals surface area contributed by atoms with Crippen molar-refractivity contribution in [2.75, 3.05) is 10.8 Å². The number of carbonyl (C=O) groups excluding carboxylic acids is 2. The Morgan fingerprint density at radius 3 is 1.95 bits per heavy atom. The first-order valence-corrected chi connectivity index (χ1v) is 16.2. The predicted octanol–water partition coefficient (Wildman–Crippen LogP) is 6.84. The van der Waals surface area contributed by atoms with Crippen molar-refractivity contribution in [2.45, 2.75) is 77.9 Å². The van der Waals surface area contributed by atoms with Crippen LogP contribution in [0.4, 0.5) is 5.69 Å². The minimum atomic E-state index is -4.16. The second kappa shape index (κ2) is 14.4. The maximum absolute atomic E-state index is 14.3. The van der Waals surface area contributed by atoms with Crippen LogP contribution in [0.5, 0.6) is 0 Å². The van der Waals surface area contributed by atoms with Gasteiger partial charge in [-0.05, 0) is 88.1 Å². The molecule has 3 aromatic rings. The van der Waals surface area contributed by atoms with Gasteiger partial charge in [-0.25, -0.2) is 8.42 Å². The number of sulfonamides is 1. The van der Waals surface area contributed by atoms with E-state index in [4.69, 9.17) is 23.2 Å². The molecular formula is C32H39Cl2N3O4S. The lowest BCUT2D eigenvalue weighted by Gasteiger charge is -2.34. The molecule has 10 heteroatoms. The van der Waals surface area contributed by atoms with Crippen molar-refractivity contribution in [3.63, 3.8) is 0 Å². The Hall–Kier alpha value is -3.07. The Morgan fingerprint density at radius 2 is 1.43 bits per heavy atom. The number of hydrogen-bond acceptors (Lipinski definition) is 4. The molecule has 1 N–H and O–H groups in total. The first-order valence-electron chi connectivity index (χ1n) is 14.0. The van der Waals surface area contributed by atoms with Crippen molar-refractivity contribution in [1.29, 1.82) is 0 Å². The Balaban J connectivity index is 2.13. The van der Waals surface area contributed by atoms with E-state index in [-0.39, 0.29) is 23.4 Å². The molecule has 3 aromatic carbocycles. The van der Waals surface area contributed by atoms with Gasteiger partial charge in [-0.15, -0.1) is 0 Å². The van der Waals surface area contributed by atoms with Gasteiger partial charge in [-0.3, -0.25) is 13.9 Å². The third kappa shape index (κ3) is 8.06. The van der Waals surface area contributed by atoms with Gasteiger partial charge in [0.2, 0.25) is 11.8 Å². The van der Waals surface area contributed by atoms with Crippen LogP contribution in [0.1, 0.15) is 55.9 Å². The van der Waals surface area contributed by atoms with Gasteiger partial charge in [0.1, 0.15) is 12.6 Å². The van der Waals surface area contributed by atoms with Crippen molar-refractivity contribution in [3.8, 4) is 0 Å². The average molecular weight is 633 g/mol. The largest absolute Gasteiger partial charge is 0.352 e. The van der Waals surface area contributed by atoms with Crippen LogP contribution < -0.4 is 9.62 Å². The Morgan fingerprint density at radius 1 is 0.857 bits per heavy atom. The highest BCUT2D eigenvalue weighted by molar-refractivity contribution is 7.92. The Labute approximate surface area is 259 Å². The van der Waals surface area contributed by atoms with E-state index in [9.17, 15) is 18.0 Å². The zero-order chi connectivity index (χ0) is 31.2. The summed E-state index contributed by atoms with van der Waals surface area (Å²) < 4.78 is 29.3. The van der Waals surface area contributed by atoms with Gasteiger partial charge in [0, 0.05) is 28.2 Å². The van der Waals surface area contributed by atoms with Crippen LogP contribution in [0.15, 0.2) is 65.6 Å². The number of carbonyl (C=O) groups is 2. The van der Waals surface area contributed by atoms with Crippen molar-refractivity contribution < 1.29 is 18.0 Å². The van der Waals surface area contributed by atoms with Gasteiger partial charge in [-0.1, -0.05) is 66.9 Å². The molecular weight excluding hydrogens is 593 g/mol. The van der Waals surface area contributed by atoms with Crippen LogP contribution in [-0.4, -0.2) is 43.8 Å². The first kappa shape index (κ1) is 33.4. The number of amides is 2. The van der Waals surface area contributed by atoms with Crippen molar-refractivity contribution in [2.24, 2.45) is 0 Å². The number of anilines is 1. The monoisotopic (exact) mass is 631 g/mol. The van der Waals surface area contributed by atoms with E-state index < -0.39 is 28.5 Å². The third-order valence-electron chi connectivity index (χ3n) is 7.16. The van der Waals surface area contributed by atoms with E-state index in [1.807, 2.05) is 40.7 Å². The fourth-order valence-electron chi connectivity index (χ4n) is 4.68. The third-order valence-corrected chi connectivity index (χ3v) is 9.66. The number of hydrogen-bond donors (Lipinski definition) is 1. The van der Waals surface area contributed by atoms with Gasteiger partial charge in [0.25, 0.3) is 10.0 Å². The molecule has 42 heavy (non-hydrogen) atoms. The molecule has 2 amide bonds. The quantitative estimate of drug-likeness (QED) is 0.237. The number of nitrogens with zero attached hydrogens (tertiary/aromatic N) is 2. The molecule has 0 unspecified atom stereocenters. The van der Waals surface area contributed by atoms with Crippen LogP contribution >= 0.6 is 23.2 Å². The van der Waals surface area contributed by atoms with Gasteiger partial charge < -0.3 is 10.2 Å². The second-order valence-electron chi connectivity index (χ2n) is 10.6. The predicted molar refractivity (Wildman–Crippen MR) is 171 cm³/mol. The molecule has 0 saturated heterocycles. The molecule has 0 aromatic heterocycles. The van der Waals surface area contributed by atoms with Crippen LogP contribution in [0.25, 0.3) is 0 Å². The van der Waals surface area contributed by atoms with E-state index >= 15 is 0 Å². The summed E-state index contributed by atoms with van der Waals surface area (Å²) in [5.41, 5.74) is 3.43. The SMILES string of the molecule is CC[C@H](C)NC(=O)[C@H](CC)N(Cc1c(Cl)cccc1Cl)C(=O)CN(c1cc(C)cc(C)c1)S(=O)(=O)c1ccc(C)cc1. The molecule has 0 bridgehead atoms. The van der Waals surface area contributed by atoms with Crippen LogP contribution in [0, 0.1) is 20.8 Å². The van der Waals surface area contributed by atoms with Gasteiger partial charge in [0.15, 0.2) is 0 Å². The summed E-state index contributed by atoms with van der Waals surface area (Å²) >= 11 is 13.0. The fourth-order valence-corrected chi connectivity index (χ4v) is 6.59. The molecule has 3 rings (SSSR count). The summed E-state index contributed by atoms with van der Waals surface area (Å²) in [4.78, 5) is 29.1. The molecule has 2 atom stereocenters. The molecule has 0 heterocycles. The lowest BCUT2D eigenvalue weighted by atomic mass is 10.1. The number of aryl methyl sites for hydroxylation is 3. The zero-order valence-corrected chi connectivity index (χ0v) is 27.3. The van der Waals surface area contributed by atoms with E-state index in [2.05, 4.69) is 5.32 Å². The van der Waals surface area contributed by atoms with E-state index in [0.717, 1.165) is 21.0 Å². The highest BCUT2D eigenvalue weighted by Gasteiger charge is 2.34. The Bertz CT molecular complexity index is 1490. The maximum atomic E-state index is 14.3. The van der Waals surface area contributed by atoms with Crippen LogP contribution in [0.2, 0.25) is 10.0 Å². The summed E-state index contributed by atoms with van der Waals surface area (Å²) in [6, 6.07) is 15.9. The van der Waals surface area contributed by atoms with Crippen molar-refractivity contribution in [3.05, 3.63) is 93.0 Å². The minimum Gasteiger partial charge on any atom is -0.352 e. The van der Waals surface area contributed by atoms with E-state index in [1.54, 1.807) is 49.4 Å². The van der Waals surface area contributed by atoms with Crippen LogP contribution in [0.3, 0.4) is 0 Å². The minimum absolute atomic E-state index is 0.0577. The molecule has 0 fully saturated rings. The highest BCUT2D eigenvalue weighted by atomic mass is 35.5. The maximum Gasteiger partial charge on any atom is 0.264 e. The van der Waals surface area contributed by atoms with E-state index in [0.29, 0.717) is 34.1 Å². The summed E-state index contributed by atoms with van der Waals surface area (Å²) in [7, 11) is -4.16. The molecule has 7 nitrogen and oxygen atoms in total. The molecule has 0 radical (unpaired) electrons. The number of benzene rings is 3. The number of rotatable bonds is 12. The standard InChI is InChI=1S/C32H39Cl2N3O4S/c1-7-24(6)35-32(39)30(8-2)36(19-27-28(33)10-9-11-29(27)34)31(38)20-37(25-17-22(4)16-23(5)18-25)42(40,41)26-14-12-21(3)13-15-26/h9-18,24,30H,7-8,19-20H2,1-6H3,(H,35,39)/t24-,30-/m0/s1. The molecule has 0 spiro atoms. The van der Waals surface area contributed by atoms with Gasteiger partial charge in [0.05, 0.1) is 10.6 Å². The smallest absolute Gasteiger partial charge is 0.264 e. The van der Waals surface area contributed by atoms with Gasteiger partial charge >= 0.3 is 0 Å². The normalized spacial score (nSPS) is 12.9. The molecule has 0 aliphatic carbocycles. The number of nitrogens with one attached hydrogen (secondary N) is 1. The average Bonchev–Trinajstić information content (AvgIpc) is 2.92. The summed E-state index contributed by atoms with van der Waals surface area (Å²) in [5, 5.41) is 3.65. The van der Waals surface area contributed by atoms with Crippen molar-refractivity contribution >= 4 is 50.7 Å². The molecule has 0 saturated carbocycles. The van der Waals surface area contributed by atoms with Crippen molar-refractivity contribution in [1.82, 2.24) is 10.2 Å². The molecule has 226 valence electrons. The summed E-state index contributed by atoms with van der Waals surface area (Å²) in [6.07, 6.45) is 1.01. The van der Waals surface area contributed by atoms with E-state index in [1.165, 1.54) is 17.0 Å². The summed E-state index contributed by atoms with van der Waals surface area (Å²) in [6.45, 7) is 10.6. The van der Waals surface area contributed by atoms with Crippen LogP contribution in [-0.2, 0) is 26.2 Å².